The zero-order valence-corrected chi connectivity index (χ0v) is 13.7. The third kappa shape index (κ3) is 4.01. The second kappa shape index (κ2) is 6.41. The predicted molar refractivity (Wildman–Crippen MR) is 85.3 cm³/mol. The first kappa shape index (κ1) is 16.4. The van der Waals surface area contributed by atoms with E-state index in [0.717, 1.165) is 23.0 Å². The third-order valence-corrected chi connectivity index (χ3v) is 4.89. The summed E-state index contributed by atoms with van der Waals surface area (Å²) >= 11 is 1.55. The van der Waals surface area contributed by atoms with Crippen LogP contribution in [-0.4, -0.2) is 31.1 Å². The van der Waals surface area contributed by atoms with Crippen molar-refractivity contribution in [2.45, 2.75) is 18.2 Å². The average molecular weight is 341 g/mol. The highest BCUT2D eigenvalue weighted by atomic mass is 32.2. The number of rotatable bonds is 6. The van der Waals surface area contributed by atoms with Crippen LogP contribution in [0.2, 0.25) is 0 Å². The molecule has 0 radical (unpaired) electrons. The number of aromatic nitrogens is 1. The van der Waals surface area contributed by atoms with Crippen LogP contribution in [0.25, 0.3) is 0 Å². The van der Waals surface area contributed by atoms with Crippen LogP contribution >= 0.6 is 11.3 Å². The van der Waals surface area contributed by atoms with Gasteiger partial charge < -0.3 is 5.32 Å². The van der Waals surface area contributed by atoms with Gasteiger partial charge in [0.05, 0.1) is 20.5 Å². The lowest BCUT2D eigenvalue weighted by atomic mass is 10.2. The third-order valence-electron chi connectivity index (χ3n) is 2.96. The molecule has 0 spiro atoms. The fourth-order valence-electron chi connectivity index (χ4n) is 1.89. The molecule has 2 aromatic rings. The molecule has 0 bridgehead atoms. The fraction of sp³-hybridized carbons (Fsp3) is 0.308. The summed E-state index contributed by atoms with van der Waals surface area (Å²) in [6, 6.07) is 3.85. The van der Waals surface area contributed by atoms with Gasteiger partial charge in [-0.2, -0.15) is 0 Å². The number of hydrogen-bond donors (Lipinski definition) is 1. The maximum absolute atomic E-state index is 11.5. The molecule has 0 amide bonds. The number of nitrogens with zero attached hydrogens (tertiary/aromatic N) is 2. The summed E-state index contributed by atoms with van der Waals surface area (Å²) in [5, 5.41) is 17.0. The van der Waals surface area contributed by atoms with Gasteiger partial charge in [0, 0.05) is 30.7 Å². The quantitative estimate of drug-likeness (QED) is 0.639. The number of nitro groups is 1. The molecular weight excluding hydrogens is 326 g/mol. The van der Waals surface area contributed by atoms with E-state index in [4.69, 9.17) is 0 Å². The summed E-state index contributed by atoms with van der Waals surface area (Å²) in [6.45, 7) is 2.39. The van der Waals surface area contributed by atoms with Crippen LogP contribution in [0, 0.1) is 17.0 Å². The van der Waals surface area contributed by atoms with Crippen LogP contribution in [0.15, 0.2) is 28.5 Å². The molecule has 0 aliphatic rings. The summed E-state index contributed by atoms with van der Waals surface area (Å²) in [5.74, 6) is 0. The zero-order valence-electron chi connectivity index (χ0n) is 12.1. The lowest BCUT2D eigenvalue weighted by Crippen LogP contribution is -2.08. The van der Waals surface area contributed by atoms with E-state index < -0.39 is 14.8 Å². The Kier molecular flexibility index (Phi) is 4.77. The van der Waals surface area contributed by atoms with E-state index in [0.29, 0.717) is 18.7 Å². The molecular formula is C13H15N3O4S2. The van der Waals surface area contributed by atoms with Gasteiger partial charge in [-0.25, -0.2) is 13.4 Å². The van der Waals surface area contributed by atoms with E-state index in [2.05, 4.69) is 10.3 Å². The Balaban J connectivity index is 2.14. The molecule has 118 valence electrons. The molecule has 9 heteroatoms. The van der Waals surface area contributed by atoms with Gasteiger partial charge in [-0.1, -0.05) is 0 Å². The van der Waals surface area contributed by atoms with Crippen LogP contribution in [0.4, 0.5) is 11.4 Å². The van der Waals surface area contributed by atoms with E-state index in [9.17, 15) is 18.5 Å². The van der Waals surface area contributed by atoms with Gasteiger partial charge >= 0.3 is 0 Å². The van der Waals surface area contributed by atoms with Crippen LogP contribution in [0.3, 0.4) is 0 Å². The summed E-state index contributed by atoms with van der Waals surface area (Å²) in [5.41, 5.74) is 0.965. The lowest BCUT2D eigenvalue weighted by Gasteiger charge is -2.07. The van der Waals surface area contributed by atoms with Crippen molar-refractivity contribution in [2.24, 2.45) is 0 Å². The molecule has 1 aromatic heterocycles. The Hall–Kier alpha value is -2.00. The zero-order chi connectivity index (χ0) is 16.3. The van der Waals surface area contributed by atoms with E-state index in [1.54, 1.807) is 11.3 Å². The molecule has 0 saturated carbocycles. The smallest absolute Gasteiger partial charge is 0.293 e. The Morgan fingerprint density at radius 3 is 2.68 bits per heavy atom. The van der Waals surface area contributed by atoms with Crippen molar-refractivity contribution in [3.63, 3.8) is 0 Å². The normalized spacial score (nSPS) is 11.4. The van der Waals surface area contributed by atoms with Gasteiger partial charge in [0.2, 0.25) is 0 Å². The number of nitrogens with one attached hydrogen (secondary N) is 1. The minimum Gasteiger partial charge on any atom is -0.379 e. The van der Waals surface area contributed by atoms with E-state index in [-0.39, 0.29) is 10.6 Å². The van der Waals surface area contributed by atoms with Crippen molar-refractivity contribution in [2.75, 3.05) is 18.1 Å². The van der Waals surface area contributed by atoms with E-state index in [1.807, 2.05) is 12.3 Å². The molecule has 0 aliphatic heterocycles. The minimum absolute atomic E-state index is 0.0696. The monoisotopic (exact) mass is 341 g/mol. The molecule has 0 saturated heterocycles. The summed E-state index contributed by atoms with van der Waals surface area (Å²) in [4.78, 5) is 14.7. The molecule has 1 aromatic carbocycles. The first-order chi connectivity index (χ1) is 10.3. The molecule has 0 unspecified atom stereocenters. The summed E-state index contributed by atoms with van der Waals surface area (Å²) < 4.78 is 22.9. The molecule has 1 N–H and O–H groups in total. The van der Waals surface area contributed by atoms with Gasteiger partial charge in [-0.3, -0.25) is 10.1 Å². The number of nitro benzene ring substituents is 1. The minimum atomic E-state index is -3.48. The lowest BCUT2D eigenvalue weighted by molar-refractivity contribution is -0.384. The van der Waals surface area contributed by atoms with Crippen molar-refractivity contribution in [3.8, 4) is 0 Å². The van der Waals surface area contributed by atoms with Crippen molar-refractivity contribution in [1.29, 1.82) is 0 Å². The number of thiazole rings is 1. The average Bonchev–Trinajstić information content (AvgIpc) is 2.83. The molecule has 7 nitrogen and oxygen atoms in total. The highest BCUT2D eigenvalue weighted by Gasteiger charge is 2.18. The predicted octanol–water partition coefficient (Wildman–Crippen LogP) is 2.42. The van der Waals surface area contributed by atoms with Gasteiger partial charge in [-0.15, -0.1) is 11.3 Å². The van der Waals surface area contributed by atoms with Gasteiger partial charge in [0.1, 0.15) is 5.69 Å². The topological polar surface area (TPSA) is 102 Å². The maximum Gasteiger partial charge on any atom is 0.293 e. The maximum atomic E-state index is 11.5. The Labute approximate surface area is 132 Å². The van der Waals surface area contributed by atoms with E-state index in [1.165, 1.54) is 12.1 Å². The standard InChI is InChI=1S/C13H15N3O4S2/c1-9-15-10(8-21-9)5-6-14-12-4-3-11(22(2,19)20)7-13(12)16(17)18/h3-4,7-8,14H,5-6H2,1-2H3. The largest absolute Gasteiger partial charge is 0.379 e. The van der Waals surface area contributed by atoms with Crippen LogP contribution < -0.4 is 5.32 Å². The number of benzene rings is 1. The van der Waals surface area contributed by atoms with Crippen molar-refractivity contribution in [1.82, 2.24) is 4.98 Å². The summed E-state index contributed by atoms with van der Waals surface area (Å²) in [7, 11) is -3.48. The van der Waals surface area contributed by atoms with Crippen LogP contribution in [-0.2, 0) is 16.3 Å². The van der Waals surface area contributed by atoms with E-state index >= 15 is 0 Å². The highest BCUT2D eigenvalue weighted by Crippen LogP contribution is 2.27. The van der Waals surface area contributed by atoms with Gasteiger partial charge in [0.15, 0.2) is 9.84 Å². The Bertz CT molecular complexity index is 799. The van der Waals surface area contributed by atoms with Crippen molar-refractivity contribution >= 4 is 32.5 Å². The fourth-order valence-corrected chi connectivity index (χ4v) is 3.18. The van der Waals surface area contributed by atoms with Crippen LogP contribution in [0.1, 0.15) is 10.7 Å². The van der Waals surface area contributed by atoms with Crippen molar-refractivity contribution in [3.05, 3.63) is 44.4 Å². The number of anilines is 1. The molecule has 1 heterocycles. The van der Waals surface area contributed by atoms with Crippen molar-refractivity contribution < 1.29 is 13.3 Å². The SMILES string of the molecule is Cc1nc(CCNc2ccc(S(C)(=O)=O)cc2[N+](=O)[O-])cs1. The van der Waals surface area contributed by atoms with Gasteiger partial charge in [0.25, 0.3) is 5.69 Å². The summed E-state index contributed by atoms with van der Waals surface area (Å²) in [6.07, 6.45) is 1.65. The number of hydrogen-bond acceptors (Lipinski definition) is 7. The Morgan fingerprint density at radius 2 is 2.14 bits per heavy atom. The molecule has 22 heavy (non-hydrogen) atoms. The first-order valence-corrected chi connectivity index (χ1v) is 9.18. The van der Waals surface area contributed by atoms with Crippen LogP contribution in [0.5, 0.6) is 0 Å². The molecule has 0 fully saturated rings. The molecule has 0 atom stereocenters. The first-order valence-electron chi connectivity index (χ1n) is 6.41. The second-order valence-electron chi connectivity index (χ2n) is 4.74. The molecule has 2 rings (SSSR count). The highest BCUT2D eigenvalue weighted by molar-refractivity contribution is 7.90. The number of sulfone groups is 1. The molecule has 0 aliphatic carbocycles. The Morgan fingerprint density at radius 1 is 1.41 bits per heavy atom. The second-order valence-corrected chi connectivity index (χ2v) is 7.82. The van der Waals surface area contributed by atoms with Gasteiger partial charge in [-0.05, 0) is 19.1 Å². The number of aryl methyl sites for hydroxylation is 1.